The lowest BCUT2D eigenvalue weighted by atomic mass is 10.1. The first kappa shape index (κ1) is 23.5. The van der Waals surface area contributed by atoms with Crippen LogP contribution in [-0.4, -0.2) is 66.8 Å². The average Bonchev–Trinajstić information content (AvgIpc) is 3.20. The summed E-state index contributed by atoms with van der Waals surface area (Å²) < 4.78 is 10.9. The molecule has 0 amide bonds. The minimum absolute atomic E-state index is 0. The molecular weight excluding hydrogens is 481 g/mol. The number of halogens is 1. The third-order valence-electron chi connectivity index (χ3n) is 4.89. The molecule has 1 aromatic carbocycles. The third-order valence-corrected chi connectivity index (χ3v) is 4.89. The van der Waals surface area contributed by atoms with Crippen LogP contribution in [0.4, 0.5) is 0 Å². The van der Waals surface area contributed by atoms with Gasteiger partial charge < -0.3 is 19.5 Å². The van der Waals surface area contributed by atoms with Crippen molar-refractivity contribution in [1.29, 1.82) is 0 Å². The molecule has 1 fully saturated rings. The highest BCUT2D eigenvalue weighted by Gasteiger charge is 2.20. The maximum Gasteiger partial charge on any atom is 0.194 e. The second-order valence-electron chi connectivity index (χ2n) is 7.06. The van der Waals surface area contributed by atoms with Gasteiger partial charge in [0.1, 0.15) is 18.6 Å². The van der Waals surface area contributed by atoms with Gasteiger partial charge in [-0.2, -0.15) is 0 Å². The van der Waals surface area contributed by atoms with Crippen LogP contribution in [0, 0.1) is 13.8 Å². The molecule has 2 aromatic rings. The molecule has 0 bridgehead atoms. The fourth-order valence-corrected chi connectivity index (χ4v) is 3.42. The monoisotopic (exact) mass is 513 g/mol. The Morgan fingerprint density at radius 1 is 1.17 bits per heavy atom. The Hall–Kier alpha value is -1.81. The van der Waals surface area contributed by atoms with Crippen molar-refractivity contribution in [3.05, 3.63) is 47.3 Å². The van der Waals surface area contributed by atoms with Crippen LogP contribution in [0.2, 0.25) is 0 Å². The Bertz CT molecular complexity index is 738. The van der Waals surface area contributed by atoms with Crippen LogP contribution in [-0.2, 0) is 6.54 Å². The van der Waals surface area contributed by atoms with E-state index in [2.05, 4.69) is 59.2 Å². The SMILES string of the molecule is CCNC(=NCCOc1c(C)cccc1C)N1CCN(Cc2ccon2)CC1.I. The van der Waals surface area contributed by atoms with E-state index in [0.717, 1.165) is 56.7 Å². The molecule has 1 N–H and O–H groups in total. The molecule has 29 heavy (non-hydrogen) atoms. The quantitative estimate of drug-likeness (QED) is 0.266. The summed E-state index contributed by atoms with van der Waals surface area (Å²) in [5, 5.41) is 7.41. The molecule has 1 aliphatic heterocycles. The zero-order valence-corrected chi connectivity index (χ0v) is 19.9. The molecule has 0 unspecified atom stereocenters. The Labute approximate surface area is 190 Å². The first-order valence-electron chi connectivity index (χ1n) is 10.0. The number of para-hydroxylation sites is 1. The van der Waals surface area contributed by atoms with E-state index in [-0.39, 0.29) is 24.0 Å². The molecule has 3 rings (SSSR count). The number of piperazine rings is 1. The number of nitrogens with one attached hydrogen (secondary N) is 1. The predicted octanol–water partition coefficient (Wildman–Crippen LogP) is 3.07. The summed E-state index contributed by atoms with van der Waals surface area (Å²) in [4.78, 5) is 9.49. The summed E-state index contributed by atoms with van der Waals surface area (Å²) in [5.74, 6) is 1.94. The van der Waals surface area contributed by atoms with E-state index in [9.17, 15) is 0 Å². The first-order chi connectivity index (χ1) is 13.7. The smallest absolute Gasteiger partial charge is 0.194 e. The Morgan fingerprint density at radius 3 is 2.52 bits per heavy atom. The van der Waals surface area contributed by atoms with E-state index in [4.69, 9.17) is 14.3 Å². The summed E-state index contributed by atoms with van der Waals surface area (Å²) >= 11 is 0. The van der Waals surface area contributed by atoms with Crippen molar-refractivity contribution in [2.75, 3.05) is 45.9 Å². The second-order valence-corrected chi connectivity index (χ2v) is 7.06. The summed E-state index contributed by atoms with van der Waals surface area (Å²) in [6, 6.07) is 8.14. The highest BCUT2D eigenvalue weighted by Crippen LogP contribution is 2.22. The van der Waals surface area contributed by atoms with Gasteiger partial charge in [-0.15, -0.1) is 24.0 Å². The van der Waals surface area contributed by atoms with Crippen molar-refractivity contribution in [2.45, 2.75) is 27.3 Å². The second kappa shape index (κ2) is 12.0. The fraction of sp³-hybridized carbons (Fsp3) is 0.524. The average molecular weight is 513 g/mol. The van der Waals surface area contributed by atoms with Gasteiger partial charge >= 0.3 is 0 Å². The number of aliphatic imine (C=N–C) groups is 1. The zero-order chi connectivity index (χ0) is 19.8. The van der Waals surface area contributed by atoms with Gasteiger partial charge in [0.05, 0.1) is 12.2 Å². The number of aromatic nitrogens is 1. The lowest BCUT2D eigenvalue weighted by Crippen LogP contribution is -2.52. The van der Waals surface area contributed by atoms with E-state index in [1.807, 2.05) is 6.07 Å². The third kappa shape index (κ3) is 6.88. The summed E-state index contributed by atoms with van der Waals surface area (Å²) in [5.41, 5.74) is 3.32. The standard InChI is InChI=1S/C21H31N5O2.HI/c1-4-22-21(23-9-15-27-20-17(2)6-5-7-18(20)3)26-12-10-25(11-13-26)16-19-8-14-28-24-19;/h5-8,14H,4,9-13,15-16H2,1-3H3,(H,22,23);1H. The highest BCUT2D eigenvalue weighted by molar-refractivity contribution is 14.0. The maximum atomic E-state index is 5.98. The van der Waals surface area contributed by atoms with Crippen LogP contribution < -0.4 is 10.1 Å². The Balaban J connectivity index is 0.00000300. The van der Waals surface area contributed by atoms with E-state index >= 15 is 0 Å². The largest absolute Gasteiger partial charge is 0.491 e. The summed E-state index contributed by atoms with van der Waals surface area (Å²) in [7, 11) is 0. The molecule has 2 heterocycles. The van der Waals surface area contributed by atoms with Crippen LogP contribution in [0.5, 0.6) is 5.75 Å². The number of ether oxygens (including phenoxy) is 1. The van der Waals surface area contributed by atoms with Crippen LogP contribution in [0.15, 0.2) is 40.0 Å². The van der Waals surface area contributed by atoms with Gasteiger partial charge in [-0.05, 0) is 31.9 Å². The molecule has 0 saturated carbocycles. The highest BCUT2D eigenvalue weighted by atomic mass is 127. The number of nitrogens with zero attached hydrogens (tertiary/aromatic N) is 4. The van der Waals surface area contributed by atoms with E-state index in [1.165, 1.54) is 11.1 Å². The summed E-state index contributed by atoms with van der Waals surface area (Å²) in [6.07, 6.45) is 1.63. The minimum Gasteiger partial charge on any atom is -0.491 e. The number of aryl methyl sites for hydroxylation is 2. The molecule has 1 aliphatic rings. The fourth-order valence-electron chi connectivity index (χ4n) is 3.42. The Morgan fingerprint density at radius 2 is 1.90 bits per heavy atom. The number of hydrogen-bond acceptors (Lipinski definition) is 5. The van der Waals surface area contributed by atoms with Gasteiger partial charge in [-0.1, -0.05) is 23.4 Å². The zero-order valence-electron chi connectivity index (χ0n) is 17.6. The first-order valence-corrected chi connectivity index (χ1v) is 10.0. The maximum absolute atomic E-state index is 5.98. The van der Waals surface area contributed by atoms with Crippen molar-refractivity contribution in [1.82, 2.24) is 20.3 Å². The number of hydrogen-bond donors (Lipinski definition) is 1. The normalized spacial score (nSPS) is 15.1. The molecule has 0 radical (unpaired) electrons. The molecule has 7 nitrogen and oxygen atoms in total. The van der Waals surface area contributed by atoms with Gasteiger partial charge in [0.25, 0.3) is 0 Å². The van der Waals surface area contributed by atoms with Crippen LogP contribution in [0.25, 0.3) is 0 Å². The van der Waals surface area contributed by atoms with Crippen LogP contribution in [0.3, 0.4) is 0 Å². The van der Waals surface area contributed by atoms with E-state index < -0.39 is 0 Å². The topological polar surface area (TPSA) is 66.1 Å². The van der Waals surface area contributed by atoms with E-state index in [0.29, 0.717) is 13.2 Å². The molecule has 0 aliphatic carbocycles. The molecule has 0 atom stereocenters. The van der Waals surface area contributed by atoms with Crippen molar-refractivity contribution < 1.29 is 9.26 Å². The van der Waals surface area contributed by atoms with Crippen LogP contribution in [0.1, 0.15) is 23.7 Å². The molecule has 8 heteroatoms. The molecule has 0 spiro atoms. The molecule has 160 valence electrons. The predicted molar refractivity (Wildman–Crippen MR) is 126 cm³/mol. The van der Waals surface area contributed by atoms with Gasteiger partial charge in [0.2, 0.25) is 0 Å². The van der Waals surface area contributed by atoms with Gasteiger partial charge in [-0.25, -0.2) is 4.99 Å². The van der Waals surface area contributed by atoms with Gasteiger partial charge in [-0.3, -0.25) is 4.90 Å². The van der Waals surface area contributed by atoms with Crippen molar-refractivity contribution >= 4 is 29.9 Å². The van der Waals surface area contributed by atoms with Gasteiger partial charge in [0, 0.05) is 45.3 Å². The minimum atomic E-state index is 0. The number of benzene rings is 1. The number of guanidine groups is 1. The van der Waals surface area contributed by atoms with Gasteiger partial charge in [0.15, 0.2) is 5.96 Å². The molecule has 1 aromatic heterocycles. The lowest BCUT2D eigenvalue weighted by Gasteiger charge is -2.36. The molecular formula is C21H32IN5O2. The number of rotatable bonds is 7. The lowest BCUT2D eigenvalue weighted by molar-refractivity contribution is 0.169. The van der Waals surface area contributed by atoms with Crippen molar-refractivity contribution in [2.24, 2.45) is 4.99 Å². The van der Waals surface area contributed by atoms with Crippen molar-refractivity contribution in [3.63, 3.8) is 0 Å². The van der Waals surface area contributed by atoms with E-state index in [1.54, 1.807) is 6.26 Å². The Kier molecular flexibility index (Phi) is 9.72. The van der Waals surface area contributed by atoms with Crippen molar-refractivity contribution in [3.8, 4) is 5.75 Å². The molecule has 1 saturated heterocycles. The van der Waals surface area contributed by atoms with Crippen LogP contribution >= 0.6 is 24.0 Å². The summed E-state index contributed by atoms with van der Waals surface area (Å²) in [6.45, 7) is 13.0.